The van der Waals surface area contributed by atoms with Crippen LogP contribution >= 0.6 is 0 Å². The first-order chi connectivity index (χ1) is 9.06. The molecule has 3 N–H and O–H groups in total. The van der Waals surface area contributed by atoms with Crippen LogP contribution in [0.4, 0.5) is 4.39 Å². The van der Waals surface area contributed by atoms with Gasteiger partial charge in [-0.3, -0.25) is 4.79 Å². The summed E-state index contributed by atoms with van der Waals surface area (Å²) in [4.78, 5) is 12.2. The number of halogens is 1. The summed E-state index contributed by atoms with van der Waals surface area (Å²) in [6.07, 6.45) is 3.83. The topological polar surface area (TPSA) is 55.1 Å². The Morgan fingerprint density at radius 3 is 2.63 bits per heavy atom. The van der Waals surface area contributed by atoms with Crippen molar-refractivity contribution >= 4 is 5.91 Å². The largest absolute Gasteiger partial charge is 0.345 e. The average Bonchev–Trinajstić information content (AvgIpc) is 2.42. The third kappa shape index (κ3) is 3.13. The van der Waals surface area contributed by atoms with Gasteiger partial charge in [0.2, 0.25) is 0 Å². The maximum atomic E-state index is 13.6. The maximum absolute atomic E-state index is 13.6. The van der Waals surface area contributed by atoms with Gasteiger partial charge in [-0.25, -0.2) is 4.39 Å². The quantitative estimate of drug-likeness (QED) is 0.881. The third-order valence-electron chi connectivity index (χ3n) is 4.12. The van der Waals surface area contributed by atoms with Crippen molar-refractivity contribution in [1.82, 2.24) is 5.32 Å². The van der Waals surface area contributed by atoms with Crippen molar-refractivity contribution in [1.29, 1.82) is 0 Å². The maximum Gasteiger partial charge on any atom is 0.254 e. The fourth-order valence-corrected chi connectivity index (χ4v) is 2.65. The molecule has 0 saturated heterocycles. The van der Waals surface area contributed by atoms with Gasteiger partial charge in [-0.2, -0.15) is 0 Å². The van der Waals surface area contributed by atoms with Crippen LogP contribution in [0, 0.1) is 11.7 Å². The van der Waals surface area contributed by atoms with Crippen LogP contribution in [0.15, 0.2) is 24.3 Å². The summed E-state index contributed by atoms with van der Waals surface area (Å²) in [6, 6.07) is 6.04. The van der Waals surface area contributed by atoms with Crippen molar-refractivity contribution < 1.29 is 9.18 Å². The third-order valence-corrected chi connectivity index (χ3v) is 4.12. The second kappa shape index (κ2) is 5.70. The van der Waals surface area contributed by atoms with E-state index in [9.17, 15) is 9.18 Å². The zero-order valence-corrected chi connectivity index (χ0v) is 11.3. The summed E-state index contributed by atoms with van der Waals surface area (Å²) >= 11 is 0. The number of hydrogen-bond donors (Lipinski definition) is 2. The lowest BCUT2D eigenvalue weighted by Crippen LogP contribution is -2.55. The summed E-state index contributed by atoms with van der Waals surface area (Å²) < 4.78 is 13.6. The minimum absolute atomic E-state index is 0.0916. The molecule has 1 aromatic carbocycles. The molecule has 0 spiro atoms. The van der Waals surface area contributed by atoms with Gasteiger partial charge >= 0.3 is 0 Å². The molecule has 1 aromatic rings. The van der Waals surface area contributed by atoms with E-state index in [0.29, 0.717) is 12.5 Å². The zero-order chi connectivity index (χ0) is 13.9. The highest BCUT2D eigenvalue weighted by Crippen LogP contribution is 2.31. The smallest absolute Gasteiger partial charge is 0.254 e. The van der Waals surface area contributed by atoms with Gasteiger partial charge in [0.05, 0.1) is 11.1 Å². The van der Waals surface area contributed by atoms with E-state index in [2.05, 4.69) is 12.2 Å². The molecule has 0 radical (unpaired) electrons. The molecule has 104 valence electrons. The summed E-state index contributed by atoms with van der Waals surface area (Å²) in [5, 5.41) is 2.96. The van der Waals surface area contributed by atoms with Gasteiger partial charge < -0.3 is 11.1 Å². The van der Waals surface area contributed by atoms with E-state index in [1.54, 1.807) is 12.1 Å². The molecule has 1 aliphatic rings. The molecule has 1 amide bonds. The van der Waals surface area contributed by atoms with Gasteiger partial charge in [0, 0.05) is 6.54 Å². The number of nitrogens with two attached hydrogens (primary N) is 1. The van der Waals surface area contributed by atoms with Crippen molar-refractivity contribution in [3.05, 3.63) is 35.6 Å². The van der Waals surface area contributed by atoms with Gasteiger partial charge in [-0.15, -0.1) is 0 Å². The minimum Gasteiger partial charge on any atom is -0.345 e. The molecule has 19 heavy (non-hydrogen) atoms. The first-order valence-electron chi connectivity index (χ1n) is 6.83. The molecule has 0 aliphatic heterocycles. The van der Waals surface area contributed by atoms with Gasteiger partial charge in [0.1, 0.15) is 5.82 Å². The molecule has 1 saturated carbocycles. The summed E-state index contributed by atoms with van der Waals surface area (Å²) in [5.41, 5.74) is 5.56. The number of rotatable bonds is 3. The molecule has 1 fully saturated rings. The van der Waals surface area contributed by atoms with Crippen LogP contribution in [-0.4, -0.2) is 18.0 Å². The molecular weight excluding hydrogens is 243 g/mol. The Morgan fingerprint density at radius 1 is 1.42 bits per heavy atom. The van der Waals surface area contributed by atoms with E-state index in [1.165, 1.54) is 12.1 Å². The van der Waals surface area contributed by atoms with Crippen LogP contribution in [0.25, 0.3) is 0 Å². The van der Waals surface area contributed by atoms with E-state index in [0.717, 1.165) is 25.7 Å². The average molecular weight is 264 g/mol. The van der Waals surface area contributed by atoms with Gasteiger partial charge in [-0.05, 0) is 43.7 Å². The summed E-state index contributed by atoms with van der Waals surface area (Å²) in [5.74, 6) is -0.181. The van der Waals surface area contributed by atoms with E-state index >= 15 is 0 Å². The second-order valence-electron chi connectivity index (χ2n) is 5.60. The highest BCUT2D eigenvalue weighted by Gasteiger charge is 2.34. The number of nitrogens with one attached hydrogen (secondary N) is 1. The Labute approximate surface area is 113 Å². The lowest BCUT2D eigenvalue weighted by molar-refractivity contribution is 0.0856. The molecule has 4 heteroatoms. The number of benzene rings is 1. The molecule has 0 heterocycles. The highest BCUT2D eigenvalue weighted by atomic mass is 19.1. The fraction of sp³-hybridized carbons (Fsp3) is 0.533. The van der Waals surface area contributed by atoms with Gasteiger partial charge in [0.15, 0.2) is 0 Å². The fourth-order valence-electron chi connectivity index (χ4n) is 2.65. The number of amides is 1. The summed E-state index contributed by atoms with van der Waals surface area (Å²) in [6.45, 7) is 2.61. The van der Waals surface area contributed by atoms with Crippen molar-refractivity contribution in [3.63, 3.8) is 0 Å². The summed E-state index contributed by atoms with van der Waals surface area (Å²) in [7, 11) is 0. The lowest BCUT2D eigenvalue weighted by atomic mass is 9.77. The van der Waals surface area contributed by atoms with Crippen LogP contribution in [-0.2, 0) is 0 Å². The van der Waals surface area contributed by atoms with Crippen molar-refractivity contribution in [2.24, 2.45) is 11.7 Å². The molecule has 0 unspecified atom stereocenters. The first-order valence-corrected chi connectivity index (χ1v) is 6.83. The molecule has 0 bridgehead atoms. The minimum atomic E-state index is -0.489. The Bertz CT molecular complexity index is 453. The number of carbonyl (C=O) groups excluding carboxylic acids is 1. The predicted octanol–water partition coefficient (Wildman–Crippen LogP) is 2.46. The monoisotopic (exact) mass is 264 g/mol. The molecule has 1 aliphatic carbocycles. The van der Waals surface area contributed by atoms with Crippen LogP contribution in [0.1, 0.15) is 43.0 Å². The molecule has 0 atom stereocenters. The Hall–Kier alpha value is -1.42. The predicted molar refractivity (Wildman–Crippen MR) is 73.3 cm³/mol. The van der Waals surface area contributed by atoms with Crippen LogP contribution in [0.2, 0.25) is 0 Å². The van der Waals surface area contributed by atoms with Crippen LogP contribution < -0.4 is 11.1 Å². The Balaban J connectivity index is 2.11. The Kier molecular flexibility index (Phi) is 4.20. The second-order valence-corrected chi connectivity index (χ2v) is 5.60. The van der Waals surface area contributed by atoms with E-state index < -0.39 is 5.82 Å². The van der Waals surface area contributed by atoms with Crippen LogP contribution in [0.5, 0.6) is 0 Å². The van der Waals surface area contributed by atoms with Gasteiger partial charge in [-0.1, -0.05) is 19.1 Å². The number of hydrogen-bond acceptors (Lipinski definition) is 2. The molecule has 3 nitrogen and oxygen atoms in total. The highest BCUT2D eigenvalue weighted by molar-refractivity contribution is 5.95. The van der Waals surface area contributed by atoms with Crippen LogP contribution in [0.3, 0.4) is 0 Å². The molecule has 0 aromatic heterocycles. The van der Waals surface area contributed by atoms with E-state index in [-0.39, 0.29) is 17.0 Å². The lowest BCUT2D eigenvalue weighted by Gasteiger charge is -2.39. The standard InChI is InChI=1S/C15H21FN2O/c1-11-6-8-15(10-17,9-7-11)18-14(19)12-4-2-3-5-13(12)16/h2-5,11H,6-10,17H2,1H3,(H,18,19). The normalized spacial score (nSPS) is 27.0. The zero-order valence-electron chi connectivity index (χ0n) is 11.3. The van der Waals surface area contributed by atoms with Crippen molar-refractivity contribution in [2.45, 2.75) is 38.1 Å². The number of carbonyl (C=O) groups is 1. The van der Waals surface area contributed by atoms with Gasteiger partial charge in [0.25, 0.3) is 5.91 Å². The molecule has 2 rings (SSSR count). The SMILES string of the molecule is CC1CCC(CN)(NC(=O)c2ccccc2F)CC1. The van der Waals surface area contributed by atoms with E-state index in [4.69, 9.17) is 5.73 Å². The Morgan fingerprint density at radius 2 is 2.05 bits per heavy atom. The van der Waals surface area contributed by atoms with Crippen molar-refractivity contribution in [2.75, 3.05) is 6.54 Å². The van der Waals surface area contributed by atoms with E-state index in [1.807, 2.05) is 0 Å². The first kappa shape index (κ1) is 14.0. The molecular formula is C15H21FN2O. The van der Waals surface area contributed by atoms with Crippen molar-refractivity contribution in [3.8, 4) is 0 Å².